The van der Waals surface area contributed by atoms with Gasteiger partial charge in [0.15, 0.2) is 0 Å². The van der Waals surface area contributed by atoms with Gasteiger partial charge in [0.2, 0.25) is 0 Å². The molecule has 112 valence electrons. The molecule has 0 bridgehead atoms. The summed E-state index contributed by atoms with van der Waals surface area (Å²) in [6.45, 7) is 5.09. The first-order valence-electron chi connectivity index (χ1n) is 6.90. The van der Waals surface area contributed by atoms with Crippen LogP contribution in [-0.4, -0.2) is 19.2 Å². The topological polar surface area (TPSA) is 21.3 Å². The second-order valence-electron chi connectivity index (χ2n) is 5.49. The average molecular weight is 287 g/mol. The van der Waals surface area contributed by atoms with Gasteiger partial charge in [0.25, 0.3) is 0 Å². The van der Waals surface area contributed by atoms with E-state index >= 15 is 0 Å². The number of nitrogens with one attached hydrogen (secondary N) is 1. The third-order valence-corrected chi connectivity index (χ3v) is 3.73. The number of alkyl halides is 3. The summed E-state index contributed by atoms with van der Waals surface area (Å²) in [6.07, 6.45) is -4.07. The summed E-state index contributed by atoms with van der Waals surface area (Å²) in [7, 11) is 0. The molecule has 1 saturated heterocycles. The van der Waals surface area contributed by atoms with Gasteiger partial charge in [-0.3, -0.25) is 0 Å². The van der Waals surface area contributed by atoms with E-state index in [9.17, 15) is 13.2 Å². The summed E-state index contributed by atoms with van der Waals surface area (Å²) in [5.74, 6) is 0.440. The van der Waals surface area contributed by atoms with Crippen molar-refractivity contribution in [3.8, 4) is 0 Å². The summed E-state index contributed by atoms with van der Waals surface area (Å²) in [4.78, 5) is 0. The smallest absolute Gasteiger partial charge is 0.372 e. The fourth-order valence-electron chi connectivity index (χ4n) is 2.56. The lowest BCUT2D eigenvalue weighted by atomic mass is 10.00. The first kappa shape index (κ1) is 15.3. The van der Waals surface area contributed by atoms with Crippen LogP contribution in [0.25, 0.3) is 0 Å². The third-order valence-electron chi connectivity index (χ3n) is 3.73. The molecule has 1 N–H and O–H groups in total. The Hall–Kier alpha value is -1.07. The van der Waals surface area contributed by atoms with Crippen LogP contribution in [0.15, 0.2) is 24.3 Å². The molecule has 0 saturated carbocycles. The van der Waals surface area contributed by atoms with Crippen LogP contribution in [-0.2, 0) is 10.9 Å². The van der Waals surface area contributed by atoms with Crippen molar-refractivity contribution in [2.45, 2.75) is 38.6 Å². The molecule has 2 rings (SSSR count). The van der Waals surface area contributed by atoms with Crippen molar-refractivity contribution in [1.29, 1.82) is 0 Å². The van der Waals surface area contributed by atoms with Gasteiger partial charge >= 0.3 is 6.18 Å². The Bertz CT molecular complexity index is 445. The number of benzene rings is 1. The minimum atomic E-state index is -4.34. The minimum absolute atomic E-state index is 0.219. The summed E-state index contributed by atoms with van der Waals surface area (Å²) >= 11 is 0. The van der Waals surface area contributed by atoms with E-state index in [1.807, 2.05) is 0 Å². The molecule has 20 heavy (non-hydrogen) atoms. The highest BCUT2D eigenvalue weighted by Crippen LogP contribution is 2.36. The van der Waals surface area contributed by atoms with Gasteiger partial charge in [0, 0.05) is 19.2 Å². The molecule has 1 aromatic carbocycles. The Labute approximate surface area is 117 Å². The van der Waals surface area contributed by atoms with Crippen molar-refractivity contribution in [3.05, 3.63) is 35.4 Å². The quantitative estimate of drug-likeness (QED) is 0.893. The standard InChI is InChI=1S/C15H20F3NO/c1-10(2)13-7-8-20-14(9-19-13)11-5-3-4-6-12(11)15(16,17)18/h3-6,10,13-14,19H,7-9H2,1-2H3. The van der Waals surface area contributed by atoms with Gasteiger partial charge < -0.3 is 10.1 Å². The summed E-state index contributed by atoms with van der Waals surface area (Å²) in [5.41, 5.74) is -0.383. The van der Waals surface area contributed by atoms with Crippen LogP contribution in [0, 0.1) is 5.92 Å². The van der Waals surface area contributed by atoms with Crippen molar-refractivity contribution < 1.29 is 17.9 Å². The Balaban J connectivity index is 2.20. The van der Waals surface area contributed by atoms with Crippen molar-refractivity contribution >= 4 is 0 Å². The van der Waals surface area contributed by atoms with Crippen molar-refractivity contribution in [1.82, 2.24) is 5.32 Å². The highest BCUT2D eigenvalue weighted by Gasteiger charge is 2.35. The van der Waals surface area contributed by atoms with Gasteiger partial charge in [-0.1, -0.05) is 32.0 Å². The third kappa shape index (κ3) is 3.52. The molecule has 0 amide bonds. The van der Waals surface area contributed by atoms with E-state index in [-0.39, 0.29) is 11.6 Å². The molecular weight excluding hydrogens is 267 g/mol. The fraction of sp³-hybridized carbons (Fsp3) is 0.600. The van der Waals surface area contributed by atoms with Crippen LogP contribution >= 0.6 is 0 Å². The van der Waals surface area contributed by atoms with Crippen LogP contribution < -0.4 is 5.32 Å². The molecule has 1 fully saturated rings. The molecule has 0 spiro atoms. The lowest BCUT2D eigenvalue weighted by molar-refractivity contribution is -0.139. The fourth-order valence-corrected chi connectivity index (χ4v) is 2.56. The molecule has 2 atom stereocenters. The second-order valence-corrected chi connectivity index (χ2v) is 5.49. The molecule has 1 aliphatic heterocycles. The maximum Gasteiger partial charge on any atom is 0.416 e. The van der Waals surface area contributed by atoms with Gasteiger partial charge in [-0.2, -0.15) is 13.2 Å². The zero-order valence-electron chi connectivity index (χ0n) is 11.7. The maximum atomic E-state index is 13.0. The number of hydrogen-bond acceptors (Lipinski definition) is 2. The van der Waals surface area contributed by atoms with Crippen molar-refractivity contribution in [3.63, 3.8) is 0 Å². The first-order chi connectivity index (χ1) is 9.39. The number of ether oxygens (including phenoxy) is 1. The zero-order valence-corrected chi connectivity index (χ0v) is 11.7. The lowest BCUT2D eigenvalue weighted by Gasteiger charge is -2.22. The van der Waals surface area contributed by atoms with Crippen LogP contribution in [0.4, 0.5) is 13.2 Å². The van der Waals surface area contributed by atoms with E-state index in [0.717, 1.165) is 12.5 Å². The highest BCUT2D eigenvalue weighted by atomic mass is 19.4. The van der Waals surface area contributed by atoms with Gasteiger partial charge in [-0.25, -0.2) is 0 Å². The van der Waals surface area contributed by atoms with E-state index in [1.54, 1.807) is 6.07 Å². The second kappa shape index (κ2) is 6.14. The highest BCUT2D eigenvalue weighted by molar-refractivity contribution is 5.32. The van der Waals surface area contributed by atoms with Crippen LogP contribution in [0.2, 0.25) is 0 Å². The molecule has 2 unspecified atom stereocenters. The SMILES string of the molecule is CC(C)C1CCOC(c2ccccc2C(F)(F)F)CN1. The summed E-state index contributed by atoms with van der Waals surface area (Å²) in [6, 6.07) is 5.94. The molecule has 0 radical (unpaired) electrons. The van der Waals surface area contributed by atoms with E-state index < -0.39 is 17.8 Å². The largest absolute Gasteiger partial charge is 0.416 e. The molecule has 1 aliphatic rings. The molecule has 0 aliphatic carbocycles. The van der Waals surface area contributed by atoms with Crippen molar-refractivity contribution in [2.75, 3.05) is 13.2 Å². The van der Waals surface area contributed by atoms with Gasteiger partial charge in [0.1, 0.15) is 0 Å². The predicted molar refractivity (Wildman–Crippen MR) is 71.4 cm³/mol. The monoisotopic (exact) mass is 287 g/mol. The summed E-state index contributed by atoms with van der Waals surface area (Å²) in [5, 5.41) is 3.32. The van der Waals surface area contributed by atoms with Crippen LogP contribution in [0.1, 0.15) is 37.5 Å². The van der Waals surface area contributed by atoms with Gasteiger partial charge in [-0.15, -0.1) is 0 Å². The molecule has 2 nitrogen and oxygen atoms in total. The van der Waals surface area contributed by atoms with E-state index in [0.29, 0.717) is 19.1 Å². The molecular formula is C15H20F3NO. The Morgan fingerprint density at radius 3 is 2.60 bits per heavy atom. The molecule has 1 heterocycles. The number of hydrogen-bond donors (Lipinski definition) is 1. The minimum Gasteiger partial charge on any atom is -0.372 e. The normalized spacial score (nSPS) is 24.7. The molecule has 0 aromatic heterocycles. The van der Waals surface area contributed by atoms with E-state index in [2.05, 4.69) is 19.2 Å². The first-order valence-corrected chi connectivity index (χ1v) is 6.90. The Morgan fingerprint density at radius 1 is 1.25 bits per heavy atom. The zero-order chi connectivity index (χ0) is 14.8. The lowest BCUT2D eigenvalue weighted by Crippen LogP contribution is -2.34. The van der Waals surface area contributed by atoms with Gasteiger partial charge in [0.05, 0.1) is 11.7 Å². The maximum absolute atomic E-state index is 13.0. The predicted octanol–water partition coefficient (Wildman–Crippen LogP) is 3.78. The Morgan fingerprint density at radius 2 is 1.95 bits per heavy atom. The van der Waals surface area contributed by atoms with E-state index in [1.165, 1.54) is 12.1 Å². The molecule has 1 aromatic rings. The number of halogens is 3. The average Bonchev–Trinajstić information content (AvgIpc) is 2.63. The van der Waals surface area contributed by atoms with Crippen LogP contribution in [0.3, 0.4) is 0 Å². The van der Waals surface area contributed by atoms with Crippen molar-refractivity contribution in [2.24, 2.45) is 5.92 Å². The summed E-state index contributed by atoms with van der Waals surface area (Å²) < 4.78 is 44.7. The Kier molecular flexibility index (Phi) is 4.70. The van der Waals surface area contributed by atoms with E-state index in [4.69, 9.17) is 4.74 Å². The molecule has 5 heteroatoms. The van der Waals surface area contributed by atoms with Crippen LogP contribution in [0.5, 0.6) is 0 Å². The van der Waals surface area contributed by atoms with Gasteiger partial charge in [-0.05, 0) is 24.0 Å². The number of rotatable bonds is 2.